The van der Waals surface area contributed by atoms with Gasteiger partial charge in [-0.3, -0.25) is 0 Å². The Morgan fingerprint density at radius 2 is 1.55 bits per heavy atom. The topological polar surface area (TPSA) is 78.1 Å². The highest BCUT2D eigenvalue weighted by molar-refractivity contribution is 4.60. The molecule has 0 bridgehead atoms. The van der Waals surface area contributed by atoms with Crippen LogP contribution >= 0.6 is 0 Å². The van der Waals surface area contributed by atoms with Gasteiger partial charge in [0, 0.05) is 0 Å². The number of nitrogens with two attached hydrogens (primary N) is 3. The summed E-state index contributed by atoms with van der Waals surface area (Å²) in [6.45, 7) is 2.31. The summed E-state index contributed by atoms with van der Waals surface area (Å²) in [6.07, 6.45) is 4.55. The van der Waals surface area contributed by atoms with Crippen molar-refractivity contribution in [3.63, 3.8) is 0 Å². The summed E-state index contributed by atoms with van der Waals surface area (Å²) in [5, 5.41) is 0. The maximum absolute atomic E-state index is 5.55. The average Bonchev–Trinajstić information content (AvgIpc) is 2.03. The zero-order chi connectivity index (χ0) is 8.53. The lowest BCUT2D eigenvalue weighted by Gasteiger charge is -2.12. The van der Waals surface area contributed by atoms with E-state index in [1.54, 1.807) is 0 Å². The van der Waals surface area contributed by atoms with E-state index in [-0.39, 0.29) is 0 Å². The zero-order valence-corrected chi connectivity index (χ0v) is 7.26. The Kier molecular flexibility index (Phi) is 7.89. The monoisotopic (exact) mass is 159 g/mol. The van der Waals surface area contributed by atoms with Gasteiger partial charge in [-0.15, -0.1) is 0 Å². The van der Waals surface area contributed by atoms with Crippen molar-refractivity contribution in [2.45, 2.75) is 25.7 Å². The SMILES string of the molecule is NCCCCC(CN)CCN. The average molecular weight is 159 g/mol. The quantitative estimate of drug-likeness (QED) is 0.459. The minimum atomic E-state index is 0.617. The van der Waals surface area contributed by atoms with E-state index in [0.717, 1.165) is 32.5 Å². The lowest BCUT2D eigenvalue weighted by molar-refractivity contribution is 0.446. The standard InChI is InChI=1S/C8H21N3/c9-5-2-1-3-8(7-11)4-6-10/h8H,1-7,9-11H2. The molecule has 0 amide bonds. The minimum Gasteiger partial charge on any atom is -0.330 e. The van der Waals surface area contributed by atoms with Gasteiger partial charge in [0.15, 0.2) is 0 Å². The number of hydrogen-bond acceptors (Lipinski definition) is 3. The van der Waals surface area contributed by atoms with Crippen molar-refractivity contribution in [1.29, 1.82) is 0 Å². The van der Waals surface area contributed by atoms with Crippen molar-refractivity contribution in [3.8, 4) is 0 Å². The Hall–Kier alpha value is -0.120. The maximum atomic E-state index is 5.55. The molecule has 3 nitrogen and oxygen atoms in total. The lowest BCUT2D eigenvalue weighted by Crippen LogP contribution is -2.18. The summed E-state index contributed by atoms with van der Waals surface area (Å²) in [7, 11) is 0. The van der Waals surface area contributed by atoms with Crippen molar-refractivity contribution in [1.82, 2.24) is 0 Å². The zero-order valence-electron chi connectivity index (χ0n) is 7.26. The fourth-order valence-corrected chi connectivity index (χ4v) is 1.19. The molecule has 0 aliphatic heterocycles. The maximum Gasteiger partial charge on any atom is -0.00484 e. The summed E-state index contributed by atoms with van der Waals surface area (Å²) >= 11 is 0. The van der Waals surface area contributed by atoms with Gasteiger partial charge in [-0.25, -0.2) is 0 Å². The van der Waals surface area contributed by atoms with Crippen molar-refractivity contribution >= 4 is 0 Å². The van der Waals surface area contributed by atoms with E-state index in [0.29, 0.717) is 5.92 Å². The van der Waals surface area contributed by atoms with E-state index in [2.05, 4.69) is 0 Å². The van der Waals surface area contributed by atoms with Gasteiger partial charge in [0.25, 0.3) is 0 Å². The molecule has 0 aliphatic carbocycles. The Labute approximate surface area is 69.3 Å². The van der Waals surface area contributed by atoms with Crippen LogP contribution in [0.5, 0.6) is 0 Å². The molecule has 11 heavy (non-hydrogen) atoms. The van der Waals surface area contributed by atoms with E-state index in [1.807, 2.05) is 0 Å². The first-order valence-corrected chi connectivity index (χ1v) is 4.45. The first kappa shape index (κ1) is 10.9. The van der Waals surface area contributed by atoms with Crippen LogP contribution in [0.15, 0.2) is 0 Å². The molecule has 0 heterocycles. The molecule has 0 aromatic heterocycles. The minimum absolute atomic E-state index is 0.617. The highest BCUT2D eigenvalue weighted by Crippen LogP contribution is 2.09. The van der Waals surface area contributed by atoms with Crippen LogP contribution in [0, 0.1) is 5.92 Å². The smallest absolute Gasteiger partial charge is 0.00484 e. The van der Waals surface area contributed by atoms with Crippen LogP contribution in [0.3, 0.4) is 0 Å². The summed E-state index contributed by atoms with van der Waals surface area (Å²) in [4.78, 5) is 0. The third kappa shape index (κ3) is 6.28. The van der Waals surface area contributed by atoms with E-state index in [4.69, 9.17) is 17.2 Å². The third-order valence-corrected chi connectivity index (χ3v) is 1.97. The molecule has 0 aromatic carbocycles. The van der Waals surface area contributed by atoms with Crippen LogP contribution in [0.25, 0.3) is 0 Å². The molecule has 68 valence electrons. The van der Waals surface area contributed by atoms with Crippen LogP contribution < -0.4 is 17.2 Å². The highest BCUT2D eigenvalue weighted by Gasteiger charge is 2.03. The van der Waals surface area contributed by atoms with Crippen LogP contribution in [-0.2, 0) is 0 Å². The van der Waals surface area contributed by atoms with Crippen LogP contribution in [0.2, 0.25) is 0 Å². The molecule has 6 N–H and O–H groups in total. The summed E-state index contributed by atoms with van der Waals surface area (Å²) < 4.78 is 0. The van der Waals surface area contributed by atoms with Gasteiger partial charge < -0.3 is 17.2 Å². The van der Waals surface area contributed by atoms with Gasteiger partial charge in [0.2, 0.25) is 0 Å². The van der Waals surface area contributed by atoms with Crippen LogP contribution in [0.4, 0.5) is 0 Å². The number of hydrogen-bond donors (Lipinski definition) is 3. The Bertz CT molecular complexity index is 75.7. The molecule has 0 spiro atoms. The van der Waals surface area contributed by atoms with Gasteiger partial charge in [0.1, 0.15) is 0 Å². The molecule has 0 aliphatic rings. The molecule has 0 saturated carbocycles. The second-order valence-electron chi connectivity index (χ2n) is 2.96. The fraction of sp³-hybridized carbons (Fsp3) is 1.00. The molecule has 1 unspecified atom stereocenters. The van der Waals surface area contributed by atoms with Crippen LogP contribution in [0.1, 0.15) is 25.7 Å². The first-order valence-electron chi connectivity index (χ1n) is 4.45. The Morgan fingerprint density at radius 3 is 2.00 bits per heavy atom. The van der Waals surface area contributed by atoms with Gasteiger partial charge in [-0.1, -0.05) is 6.42 Å². The molecule has 1 atom stereocenters. The number of unbranched alkanes of at least 4 members (excludes halogenated alkanes) is 1. The van der Waals surface area contributed by atoms with Crippen LogP contribution in [-0.4, -0.2) is 19.6 Å². The third-order valence-electron chi connectivity index (χ3n) is 1.97. The predicted molar refractivity (Wildman–Crippen MR) is 49.1 cm³/mol. The van der Waals surface area contributed by atoms with E-state index in [9.17, 15) is 0 Å². The molecular formula is C8H21N3. The van der Waals surface area contributed by atoms with Gasteiger partial charge >= 0.3 is 0 Å². The largest absolute Gasteiger partial charge is 0.330 e. The van der Waals surface area contributed by atoms with Gasteiger partial charge in [-0.05, 0) is 44.8 Å². The Morgan fingerprint density at radius 1 is 0.818 bits per heavy atom. The summed E-state index contributed by atoms with van der Waals surface area (Å²) in [5.74, 6) is 0.617. The lowest BCUT2D eigenvalue weighted by atomic mass is 9.99. The molecule has 0 aromatic rings. The number of rotatable bonds is 7. The molecule has 0 radical (unpaired) electrons. The van der Waals surface area contributed by atoms with Gasteiger partial charge in [0.05, 0.1) is 0 Å². The van der Waals surface area contributed by atoms with Crippen molar-refractivity contribution < 1.29 is 0 Å². The van der Waals surface area contributed by atoms with E-state index in [1.165, 1.54) is 12.8 Å². The highest BCUT2D eigenvalue weighted by atomic mass is 14.6. The molecule has 0 rings (SSSR count). The molecule has 0 saturated heterocycles. The first-order chi connectivity index (χ1) is 5.35. The normalized spacial score (nSPS) is 13.4. The second-order valence-corrected chi connectivity index (χ2v) is 2.96. The Balaban J connectivity index is 3.20. The van der Waals surface area contributed by atoms with Gasteiger partial charge in [-0.2, -0.15) is 0 Å². The second kappa shape index (κ2) is 7.98. The van der Waals surface area contributed by atoms with E-state index < -0.39 is 0 Å². The van der Waals surface area contributed by atoms with E-state index >= 15 is 0 Å². The predicted octanol–water partition coefficient (Wildman–Crippen LogP) is 0.0391. The van der Waals surface area contributed by atoms with Crippen molar-refractivity contribution in [2.24, 2.45) is 23.1 Å². The molecule has 0 fully saturated rings. The van der Waals surface area contributed by atoms with Crippen molar-refractivity contribution in [3.05, 3.63) is 0 Å². The molecular weight excluding hydrogens is 138 g/mol. The summed E-state index contributed by atoms with van der Waals surface area (Å²) in [5.41, 5.74) is 16.4. The molecule has 3 heteroatoms. The fourth-order valence-electron chi connectivity index (χ4n) is 1.19. The van der Waals surface area contributed by atoms with Crippen molar-refractivity contribution in [2.75, 3.05) is 19.6 Å². The summed E-state index contributed by atoms with van der Waals surface area (Å²) in [6, 6.07) is 0.